The largest absolute Gasteiger partial charge is 0.399 e. The SMILES string of the molecule is Nc1ccc(-c2ccnc(NC3CCCCC3)n2)cc1. The van der Waals surface area contributed by atoms with Gasteiger partial charge in [-0.15, -0.1) is 0 Å². The van der Waals surface area contributed by atoms with Crippen LogP contribution in [0.15, 0.2) is 36.5 Å². The fraction of sp³-hybridized carbons (Fsp3) is 0.375. The van der Waals surface area contributed by atoms with Crippen LogP contribution in [0.4, 0.5) is 11.6 Å². The minimum absolute atomic E-state index is 0.519. The quantitative estimate of drug-likeness (QED) is 0.837. The van der Waals surface area contributed by atoms with Gasteiger partial charge in [-0.2, -0.15) is 0 Å². The molecular formula is C16H20N4. The summed E-state index contributed by atoms with van der Waals surface area (Å²) in [6, 6.07) is 10.2. The van der Waals surface area contributed by atoms with Crippen molar-refractivity contribution in [2.45, 2.75) is 38.1 Å². The molecule has 1 saturated carbocycles. The number of aromatic nitrogens is 2. The van der Waals surface area contributed by atoms with Gasteiger partial charge < -0.3 is 11.1 Å². The average Bonchev–Trinajstić information content (AvgIpc) is 2.49. The summed E-state index contributed by atoms with van der Waals surface area (Å²) in [5.74, 6) is 0.728. The lowest BCUT2D eigenvalue weighted by Crippen LogP contribution is -2.23. The highest BCUT2D eigenvalue weighted by molar-refractivity contribution is 5.62. The number of anilines is 2. The molecule has 0 amide bonds. The molecule has 0 bridgehead atoms. The maximum Gasteiger partial charge on any atom is 0.223 e. The second kappa shape index (κ2) is 5.90. The normalized spacial score (nSPS) is 16.0. The summed E-state index contributed by atoms with van der Waals surface area (Å²) in [5.41, 5.74) is 8.47. The van der Waals surface area contributed by atoms with E-state index in [1.165, 1.54) is 32.1 Å². The number of nitrogen functional groups attached to an aromatic ring is 1. The molecule has 3 N–H and O–H groups in total. The van der Waals surface area contributed by atoms with Crippen molar-refractivity contribution in [1.82, 2.24) is 9.97 Å². The highest BCUT2D eigenvalue weighted by Gasteiger charge is 2.14. The first-order valence-electron chi connectivity index (χ1n) is 7.27. The Morgan fingerprint density at radius 1 is 1.00 bits per heavy atom. The number of rotatable bonds is 3. The zero-order valence-corrected chi connectivity index (χ0v) is 11.5. The molecule has 1 aliphatic carbocycles. The van der Waals surface area contributed by atoms with E-state index in [0.29, 0.717) is 6.04 Å². The summed E-state index contributed by atoms with van der Waals surface area (Å²) in [7, 11) is 0. The highest BCUT2D eigenvalue weighted by atomic mass is 15.1. The van der Waals surface area contributed by atoms with E-state index in [1.807, 2.05) is 36.5 Å². The predicted molar refractivity (Wildman–Crippen MR) is 82.4 cm³/mol. The van der Waals surface area contributed by atoms with Gasteiger partial charge in [-0.1, -0.05) is 31.4 Å². The Morgan fingerprint density at radius 2 is 1.75 bits per heavy atom. The standard InChI is InChI=1S/C16H20N4/c17-13-8-6-12(7-9-13)15-10-11-18-16(20-15)19-14-4-2-1-3-5-14/h6-11,14H,1-5,17H2,(H,18,19,20). The Kier molecular flexibility index (Phi) is 3.81. The van der Waals surface area contributed by atoms with Crippen LogP contribution in [0.2, 0.25) is 0 Å². The molecule has 0 aliphatic heterocycles. The number of nitrogens with two attached hydrogens (primary N) is 1. The molecule has 0 atom stereocenters. The molecule has 4 nitrogen and oxygen atoms in total. The Hall–Kier alpha value is -2.10. The van der Waals surface area contributed by atoms with Crippen molar-refractivity contribution in [2.75, 3.05) is 11.1 Å². The van der Waals surface area contributed by atoms with Gasteiger partial charge in [0, 0.05) is 23.5 Å². The smallest absolute Gasteiger partial charge is 0.223 e. The summed E-state index contributed by atoms with van der Waals surface area (Å²) in [4.78, 5) is 8.93. The van der Waals surface area contributed by atoms with Crippen molar-refractivity contribution in [1.29, 1.82) is 0 Å². The van der Waals surface area contributed by atoms with E-state index in [-0.39, 0.29) is 0 Å². The van der Waals surface area contributed by atoms with E-state index in [9.17, 15) is 0 Å². The van der Waals surface area contributed by atoms with Gasteiger partial charge in [0.05, 0.1) is 5.69 Å². The van der Waals surface area contributed by atoms with Crippen LogP contribution in [0.5, 0.6) is 0 Å². The van der Waals surface area contributed by atoms with Crippen LogP contribution in [-0.2, 0) is 0 Å². The Balaban J connectivity index is 1.76. The zero-order valence-electron chi connectivity index (χ0n) is 11.5. The van der Waals surface area contributed by atoms with Crippen LogP contribution >= 0.6 is 0 Å². The lowest BCUT2D eigenvalue weighted by Gasteiger charge is -2.22. The van der Waals surface area contributed by atoms with Gasteiger partial charge >= 0.3 is 0 Å². The molecule has 0 saturated heterocycles. The van der Waals surface area contributed by atoms with Crippen molar-refractivity contribution in [3.8, 4) is 11.3 Å². The van der Waals surface area contributed by atoms with Gasteiger partial charge in [0.2, 0.25) is 5.95 Å². The average molecular weight is 268 g/mol. The van der Waals surface area contributed by atoms with Crippen molar-refractivity contribution >= 4 is 11.6 Å². The number of benzene rings is 1. The van der Waals surface area contributed by atoms with Crippen LogP contribution in [0.1, 0.15) is 32.1 Å². The van der Waals surface area contributed by atoms with E-state index >= 15 is 0 Å². The van der Waals surface area contributed by atoms with E-state index in [2.05, 4.69) is 15.3 Å². The van der Waals surface area contributed by atoms with Gasteiger partial charge in [-0.05, 0) is 31.0 Å². The second-order valence-electron chi connectivity index (χ2n) is 5.37. The van der Waals surface area contributed by atoms with Crippen LogP contribution in [0.3, 0.4) is 0 Å². The van der Waals surface area contributed by atoms with Crippen molar-refractivity contribution in [3.63, 3.8) is 0 Å². The minimum atomic E-state index is 0.519. The van der Waals surface area contributed by atoms with E-state index in [0.717, 1.165) is 22.9 Å². The molecule has 0 spiro atoms. The van der Waals surface area contributed by atoms with Crippen LogP contribution in [0, 0.1) is 0 Å². The number of hydrogen-bond donors (Lipinski definition) is 2. The Morgan fingerprint density at radius 3 is 2.50 bits per heavy atom. The third-order valence-electron chi connectivity index (χ3n) is 3.80. The van der Waals surface area contributed by atoms with Crippen molar-refractivity contribution in [2.24, 2.45) is 0 Å². The Labute approximate surface area is 119 Å². The molecule has 1 aliphatic rings. The summed E-state index contributed by atoms with van der Waals surface area (Å²) >= 11 is 0. The van der Waals surface area contributed by atoms with Crippen LogP contribution < -0.4 is 11.1 Å². The van der Waals surface area contributed by atoms with Gasteiger partial charge in [0.15, 0.2) is 0 Å². The van der Waals surface area contributed by atoms with E-state index in [1.54, 1.807) is 0 Å². The molecule has 1 heterocycles. The first-order valence-corrected chi connectivity index (χ1v) is 7.27. The number of nitrogens with one attached hydrogen (secondary N) is 1. The molecular weight excluding hydrogens is 248 g/mol. The number of hydrogen-bond acceptors (Lipinski definition) is 4. The Bertz CT molecular complexity index is 559. The molecule has 4 heteroatoms. The third-order valence-corrected chi connectivity index (χ3v) is 3.80. The third kappa shape index (κ3) is 3.07. The summed E-state index contributed by atoms with van der Waals surface area (Å²) in [6.45, 7) is 0. The minimum Gasteiger partial charge on any atom is -0.399 e. The van der Waals surface area contributed by atoms with Crippen molar-refractivity contribution < 1.29 is 0 Å². The summed E-state index contributed by atoms with van der Waals surface area (Å²) < 4.78 is 0. The zero-order chi connectivity index (χ0) is 13.8. The monoisotopic (exact) mass is 268 g/mol. The van der Waals surface area contributed by atoms with Gasteiger partial charge in [0.25, 0.3) is 0 Å². The van der Waals surface area contributed by atoms with Gasteiger partial charge in [0.1, 0.15) is 0 Å². The molecule has 20 heavy (non-hydrogen) atoms. The molecule has 2 aromatic rings. The molecule has 0 radical (unpaired) electrons. The lowest BCUT2D eigenvalue weighted by molar-refractivity contribution is 0.461. The second-order valence-corrected chi connectivity index (χ2v) is 5.37. The fourth-order valence-corrected chi connectivity index (χ4v) is 2.67. The molecule has 0 unspecified atom stereocenters. The molecule has 1 fully saturated rings. The van der Waals surface area contributed by atoms with Gasteiger partial charge in [-0.25, -0.2) is 9.97 Å². The first-order chi connectivity index (χ1) is 9.81. The molecule has 104 valence electrons. The van der Waals surface area contributed by atoms with E-state index in [4.69, 9.17) is 5.73 Å². The van der Waals surface area contributed by atoms with Crippen molar-refractivity contribution in [3.05, 3.63) is 36.5 Å². The number of nitrogens with zero attached hydrogens (tertiary/aromatic N) is 2. The molecule has 1 aromatic heterocycles. The summed E-state index contributed by atoms with van der Waals surface area (Å²) in [6.07, 6.45) is 8.20. The molecule has 1 aromatic carbocycles. The topological polar surface area (TPSA) is 63.8 Å². The predicted octanol–water partition coefficient (Wildman–Crippen LogP) is 3.47. The first kappa shape index (κ1) is 12.9. The van der Waals surface area contributed by atoms with Crippen LogP contribution in [0.25, 0.3) is 11.3 Å². The van der Waals surface area contributed by atoms with Gasteiger partial charge in [-0.3, -0.25) is 0 Å². The van der Waals surface area contributed by atoms with E-state index < -0.39 is 0 Å². The molecule has 3 rings (SSSR count). The highest BCUT2D eigenvalue weighted by Crippen LogP contribution is 2.22. The maximum absolute atomic E-state index is 5.71. The fourth-order valence-electron chi connectivity index (χ4n) is 2.67. The van der Waals surface area contributed by atoms with Crippen LogP contribution in [-0.4, -0.2) is 16.0 Å². The maximum atomic E-state index is 5.71. The summed E-state index contributed by atoms with van der Waals surface area (Å²) in [5, 5.41) is 3.46. The lowest BCUT2D eigenvalue weighted by atomic mass is 9.96.